The van der Waals surface area contributed by atoms with Crippen molar-refractivity contribution in [1.82, 2.24) is 14.9 Å². The van der Waals surface area contributed by atoms with Gasteiger partial charge in [0.25, 0.3) is 10.0 Å². The van der Waals surface area contributed by atoms with E-state index in [1.54, 1.807) is 0 Å². The van der Waals surface area contributed by atoms with Crippen LogP contribution in [0, 0.1) is 5.41 Å². The Morgan fingerprint density at radius 1 is 1.53 bits per heavy atom. The highest BCUT2D eigenvalue weighted by atomic mass is 32.2. The molecule has 1 unspecified atom stereocenters. The fourth-order valence-electron chi connectivity index (χ4n) is 1.78. The number of hydrogen-bond acceptors (Lipinski definition) is 4. The molecule has 8 heteroatoms. The summed E-state index contributed by atoms with van der Waals surface area (Å²) in [4.78, 5) is 10.8. The van der Waals surface area contributed by atoms with E-state index in [0.717, 1.165) is 0 Å². The summed E-state index contributed by atoms with van der Waals surface area (Å²) < 4.78 is 26.4. The molecule has 19 heavy (non-hydrogen) atoms. The van der Waals surface area contributed by atoms with Crippen LogP contribution < -0.4 is 4.72 Å². The van der Waals surface area contributed by atoms with Gasteiger partial charge in [0.2, 0.25) is 0 Å². The van der Waals surface area contributed by atoms with Gasteiger partial charge < -0.3 is 5.11 Å². The summed E-state index contributed by atoms with van der Waals surface area (Å²) in [5.41, 5.74) is -0.184. The van der Waals surface area contributed by atoms with E-state index in [9.17, 15) is 13.2 Å². The largest absolute Gasteiger partial charge is 0.481 e. The van der Waals surface area contributed by atoms with Gasteiger partial charge in [-0.25, -0.2) is 13.1 Å². The number of aliphatic carboxylic acids is 1. The Hall–Kier alpha value is -1.41. The lowest BCUT2D eigenvalue weighted by atomic mass is 9.87. The predicted molar refractivity (Wildman–Crippen MR) is 69.0 cm³/mol. The summed E-state index contributed by atoms with van der Waals surface area (Å²) in [5, 5.41) is 14.7. The summed E-state index contributed by atoms with van der Waals surface area (Å²) in [7, 11) is -3.77. The molecule has 0 radical (unpaired) electrons. The van der Waals surface area contributed by atoms with Crippen LogP contribution in [0.15, 0.2) is 17.3 Å². The number of sulfonamides is 1. The van der Waals surface area contributed by atoms with E-state index in [0.29, 0.717) is 6.42 Å². The molecule has 1 heterocycles. The Labute approximate surface area is 112 Å². The van der Waals surface area contributed by atoms with E-state index in [-0.39, 0.29) is 16.9 Å². The monoisotopic (exact) mass is 289 g/mol. The molecule has 7 nitrogen and oxygen atoms in total. The summed E-state index contributed by atoms with van der Waals surface area (Å²) in [6, 6.07) is 0.655. The number of aromatic amines is 1. The number of carbonyl (C=O) groups is 1. The molecular formula is C11H19N3O4S. The lowest BCUT2D eigenvalue weighted by Crippen LogP contribution is -2.39. The molecule has 0 saturated heterocycles. The number of nitrogens with one attached hydrogen (secondary N) is 2. The van der Waals surface area contributed by atoms with Crippen LogP contribution in [0.2, 0.25) is 0 Å². The summed E-state index contributed by atoms with van der Waals surface area (Å²) in [6.45, 7) is 5.77. The lowest BCUT2D eigenvalue weighted by molar-refractivity contribution is -0.137. The van der Waals surface area contributed by atoms with Gasteiger partial charge in [0.15, 0.2) is 5.03 Å². The van der Waals surface area contributed by atoms with Crippen LogP contribution in [0.3, 0.4) is 0 Å². The number of aromatic nitrogens is 2. The van der Waals surface area contributed by atoms with E-state index in [1.165, 1.54) is 12.3 Å². The molecule has 1 rings (SSSR count). The van der Waals surface area contributed by atoms with Crippen LogP contribution in [-0.4, -0.2) is 35.7 Å². The molecule has 0 aromatic carbocycles. The van der Waals surface area contributed by atoms with Crippen LogP contribution in [0.4, 0.5) is 0 Å². The third kappa shape index (κ3) is 5.39. The number of nitrogens with zero attached hydrogens (tertiary/aromatic N) is 1. The van der Waals surface area contributed by atoms with Gasteiger partial charge in [-0.05, 0) is 17.9 Å². The zero-order valence-electron chi connectivity index (χ0n) is 11.2. The fourth-order valence-corrected chi connectivity index (χ4v) is 2.93. The standard InChI is InChI=1S/C11H19N3O4S/c1-11(2,3)7-8(6-10(15)16)14-19(17,18)9-4-5-12-13-9/h4-5,8,14H,6-7H2,1-3H3,(H,12,13)(H,15,16). The molecule has 0 aliphatic heterocycles. The van der Waals surface area contributed by atoms with Gasteiger partial charge in [0.1, 0.15) is 0 Å². The van der Waals surface area contributed by atoms with Crippen LogP contribution in [-0.2, 0) is 14.8 Å². The summed E-state index contributed by atoms with van der Waals surface area (Å²) in [6.07, 6.45) is 1.49. The van der Waals surface area contributed by atoms with Crippen molar-refractivity contribution in [1.29, 1.82) is 0 Å². The van der Waals surface area contributed by atoms with Crippen molar-refractivity contribution in [3.8, 4) is 0 Å². The third-order valence-electron chi connectivity index (χ3n) is 2.37. The Morgan fingerprint density at radius 2 is 2.16 bits per heavy atom. The maximum atomic E-state index is 12.0. The van der Waals surface area contributed by atoms with Crippen LogP contribution in [0.5, 0.6) is 0 Å². The normalized spacial score (nSPS) is 14.3. The van der Waals surface area contributed by atoms with Crippen molar-refractivity contribution < 1.29 is 18.3 Å². The molecule has 3 N–H and O–H groups in total. The highest BCUT2D eigenvalue weighted by molar-refractivity contribution is 7.89. The smallest absolute Gasteiger partial charge is 0.304 e. The van der Waals surface area contributed by atoms with Crippen LogP contribution in [0.1, 0.15) is 33.6 Å². The van der Waals surface area contributed by atoms with Crippen molar-refractivity contribution in [2.45, 2.75) is 44.7 Å². The van der Waals surface area contributed by atoms with Crippen molar-refractivity contribution >= 4 is 16.0 Å². The third-order valence-corrected chi connectivity index (χ3v) is 3.82. The molecule has 1 aromatic rings. The molecule has 0 bridgehead atoms. The summed E-state index contributed by atoms with van der Waals surface area (Å²) >= 11 is 0. The Balaban J connectivity index is 2.85. The molecule has 0 aliphatic carbocycles. The van der Waals surface area contributed by atoms with Crippen molar-refractivity contribution in [2.24, 2.45) is 5.41 Å². The second-order valence-electron chi connectivity index (χ2n) is 5.60. The van der Waals surface area contributed by atoms with Gasteiger partial charge in [0, 0.05) is 6.04 Å². The first-order valence-corrected chi connectivity index (χ1v) is 7.32. The average molecular weight is 289 g/mol. The van der Waals surface area contributed by atoms with Gasteiger partial charge in [0.05, 0.1) is 12.6 Å². The van der Waals surface area contributed by atoms with Crippen LogP contribution in [0.25, 0.3) is 0 Å². The SMILES string of the molecule is CC(C)(C)CC(CC(=O)O)NS(=O)(=O)c1ccn[nH]1. The lowest BCUT2D eigenvalue weighted by Gasteiger charge is -2.25. The highest BCUT2D eigenvalue weighted by Gasteiger charge is 2.26. The van der Waals surface area contributed by atoms with Gasteiger partial charge in [-0.1, -0.05) is 20.8 Å². The van der Waals surface area contributed by atoms with Crippen LogP contribution >= 0.6 is 0 Å². The zero-order chi connectivity index (χ0) is 14.7. The topological polar surface area (TPSA) is 112 Å². The quantitative estimate of drug-likeness (QED) is 0.722. The number of H-pyrrole nitrogens is 1. The van der Waals surface area contributed by atoms with E-state index < -0.39 is 22.0 Å². The predicted octanol–water partition coefficient (Wildman–Crippen LogP) is 0.968. The maximum absolute atomic E-state index is 12.0. The first-order chi connectivity index (χ1) is 8.60. The van der Waals surface area contributed by atoms with Crippen molar-refractivity contribution in [2.75, 3.05) is 0 Å². The van der Waals surface area contributed by atoms with Gasteiger partial charge in [-0.3, -0.25) is 9.89 Å². The van der Waals surface area contributed by atoms with E-state index in [1.807, 2.05) is 20.8 Å². The minimum Gasteiger partial charge on any atom is -0.481 e. The number of carboxylic acid groups (broad SMARTS) is 1. The molecule has 1 aromatic heterocycles. The molecule has 0 saturated carbocycles. The van der Waals surface area contributed by atoms with Crippen molar-refractivity contribution in [3.63, 3.8) is 0 Å². The minimum absolute atomic E-state index is 0.0724. The van der Waals surface area contributed by atoms with E-state index >= 15 is 0 Å². The number of carboxylic acids is 1. The Kier molecular flexibility index (Phi) is 4.70. The minimum atomic E-state index is -3.77. The first-order valence-electron chi connectivity index (χ1n) is 5.84. The van der Waals surface area contributed by atoms with E-state index in [2.05, 4.69) is 14.9 Å². The zero-order valence-corrected chi connectivity index (χ0v) is 12.0. The molecule has 108 valence electrons. The first kappa shape index (κ1) is 15.6. The number of hydrogen-bond donors (Lipinski definition) is 3. The highest BCUT2D eigenvalue weighted by Crippen LogP contribution is 2.23. The van der Waals surface area contributed by atoms with Gasteiger partial charge >= 0.3 is 5.97 Å². The Morgan fingerprint density at radius 3 is 2.58 bits per heavy atom. The molecule has 0 amide bonds. The fraction of sp³-hybridized carbons (Fsp3) is 0.636. The second kappa shape index (κ2) is 5.70. The molecule has 0 aliphatic rings. The molecule has 0 fully saturated rings. The van der Waals surface area contributed by atoms with Crippen molar-refractivity contribution in [3.05, 3.63) is 12.3 Å². The summed E-state index contributed by atoms with van der Waals surface area (Å²) in [5.74, 6) is -1.04. The maximum Gasteiger partial charge on any atom is 0.304 e. The molecular weight excluding hydrogens is 270 g/mol. The average Bonchev–Trinajstić information content (AvgIpc) is 2.64. The van der Waals surface area contributed by atoms with Gasteiger partial charge in [-0.15, -0.1) is 0 Å². The Bertz CT molecular complexity index is 517. The van der Waals surface area contributed by atoms with Gasteiger partial charge in [-0.2, -0.15) is 5.10 Å². The molecule has 1 atom stereocenters. The molecule has 0 spiro atoms. The second-order valence-corrected chi connectivity index (χ2v) is 7.28. The van der Waals surface area contributed by atoms with E-state index in [4.69, 9.17) is 5.11 Å². The number of rotatable bonds is 6.